The van der Waals surface area contributed by atoms with Crippen LogP contribution in [0.4, 0.5) is 5.69 Å². The first-order valence-corrected chi connectivity index (χ1v) is 4.50. The van der Waals surface area contributed by atoms with Crippen LogP contribution in [0.25, 0.3) is 10.9 Å². The van der Waals surface area contributed by atoms with Crippen molar-refractivity contribution in [1.82, 2.24) is 4.98 Å². The summed E-state index contributed by atoms with van der Waals surface area (Å²) >= 11 is 0. The Morgan fingerprint density at radius 2 is 2.19 bits per heavy atom. The van der Waals surface area contributed by atoms with Gasteiger partial charge in [0.2, 0.25) is 0 Å². The number of H-pyrrole nitrogens is 1. The van der Waals surface area contributed by atoms with Crippen molar-refractivity contribution in [3.8, 4) is 0 Å². The first kappa shape index (κ1) is 10.2. The fraction of sp³-hybridized carbons (Fsp3) is 0.100. The third-order valence-electron chi connectivity index (χ3n) is 2.42. The van der Waals surface area contributed by atoms with E-state index in [0.29, 0.717) is 5.39 Å². The standard InChI is InChI=1S/C10H8N2O4/c1-5-2-3-8(12(15)16)9-6(5)4-7(11-9)10(13)14/h2-4,11H,1H3,(H,13,14). The van der Waals surface area contributed by atoms with E-state index in [1.807, 2.05) is 0 Å². The van der Waals surface area contributed by atoms with E-state index < -0.39 is 10.9 Å². The largest absolute Gasteiger partial charge is 0.477 e. The third kappa shape index (κ3) is 1.40. The molecule has 2 N–H and O–H groups in total. The molecule has 16 heavy (non-hydrogen) atoms. The van der Waals surface area contributed by atoms with Gasteiger partial charge in [-0.1, -0.05) is 6.07 Å². The quantitative estimate of drug-likeness (QED) is 0.598. The second-order valence-electron chi connectivity index (χ2n) is 3.44. The number of aromatic carboxylic acids is 1. The first-order chi connectivity index (χ1) is 7.50. The lowest BCUT2D eigenvalue weighted by atomic mass is 10.1. The molecule has 0 bridgehead atoms. The van der Waals surface area contributed by atoms with Gasteiger partial charge >= 0.3 is 5.97 Å². The number of non-ortho nitro benzene ring substituents is 1. The number of nitro benzene ring substituents is 1. The normalized spacial score (nSPS) is 10.6. The van der Waals surface area contributed by atoms with E-state index in [0.717, 1.165) is 5.56 Å². The summed E-state index contributed by atoms with van der Waals surface area (Å²) in [6.45, 7) is 1.77. The van der Waals surface area contributed by atoms with Gasteiger partial charge in [0.15, 0.2) is 0 Å². The van der Waals surface area contributed by atoms with Crippen LogP contribution in [0.15, 0.2) is 18.2 Å². The molecule has 0 amide bonds. The van der Waals surface area contributed by atoms with Crippen LogP contribution < -0.4 is 0 Å². The van der Waals surface area contributed by atoms with E-state index in [9.17, 15) is 14.9 Å². The van der Waals surface area contributed by atoms with Crippen molar-refractivity contribution in [3.63, 3.8) is 0 Å². The number of aromatic nitrogens is 1. The van der Waals surface area contributed by atoms with Crippen LogP contribution in [0.3, 0.4) is 0 Å². The minimum absolute atomic E-state index is 0.0487. The molecule has 1 aromatic carbocycles. The molecule has 6 nitrogen and oxygen atoms in total. The predicted molar refractivity (Wildman–Crippen MR) is 56.6 cm³/mol. The summed E-state index contributed by atoms with van der Waals surface area (Å²) < 4.78 is 0. The van der Waals surface area contributed by atoms with Crippen LogP contribution in [0.1, 0.15) is 16.1 Å². The number of nitrogens with zero attached hydrogens (tertiary/aromatic N) is 1. The number of hydrogen-bond acceptors (Lipinski definition) is 3. The number of aromatic amines is 1. The van der Waals surface area contributed by atoms with Gasteiger partial charge in [0, 0.05) is 11.5 Å². The fourth-order valence-electron chi connectivity index (χ4n) is 1.61. The molecule has 82 valence electrons. The lowest BCUT2D eigenvalue weighted by Crippen LogP contribution is -1.95. The van der Waals surface area contributed by atoms with Crippen molar-refractivity contribution in [2.45, 2.75) is 6.92 Å². The number of rotatable bonds is 2. The molecule has 6 heteroatoms. The van der Waals surface area contributed by atoms with E-state index in [1.54, 1.807) is 13.0 Å². The van der Waals surface area contributed by atoms with Crippen LogP contribution in [0, 0.1) is 17.0 Å². The molecule has 0 radical (unpaired) electrons. The van der Waals surface area contributed by atoms with Crippen LogP contribution >= 0.6 is 0 Å². The van der Waals surface area contributed by atoms with Crippen molar-refractivity contribution in [1.29, 1.82) is 0 Å². The summed E-state index contributed by atoms with van der Waals surface area (Å²) in [6.07, 6.45) is 0. The molecule has 1 aromatic heterocycles. The maximum absolute atomic E-state index is 10.8. The highest BCUT2D eigenvalue weighted by atomic mass is 16.6. The molecule has 2 rings (SSSR count). The molecule has 0 saturated carbocycles. The summed E-state index contributed by atoms with van der Waals surface area (Å²) in [7, 11) is 0. The molecule has 0 unspecified atom stereocenters. The molecular formula is C10H8N2O4. The molecule has 0 fully saturated rings. The number of carboxylic acids is 1. The van der Waals surface area contributed by atoms with Crippen LogP contribution in [0.2, 0.25) is 0 Å². The summed E-state index contributed by atoms with van der Waals surface area (Å²) in [4.78, 5) is 23.5. The zero-order chi connectivity index (χ0) is 11.9. The molecule has 1 heterocycles. The maximum Gasteiger partial charge on any atom is 0.352 e. The molecule has 0 aliphatic carbocycles. The Balaban J connectivity index is 2.82. The van der Waals surface area contributed by atoms with Gasteiger partial charge in [0.1, 0.15) is 11.2 Å². The Hall–Kier alpha value is -2.37. The maximum atomic E-state index is 10.8. The second-order valence-corrected chi connectivity index (χ2v) is 3.44. The summed E-state index contributed by atoms with van der Waals surface area (Å²) in [5.41, 5.74) is 0.882. The predicted octanol–water partition coefficient (Wildman–Crippen LogP) is 2.08. The highest BCUT2D eigenvalue weighted by molar-refractivity contribution is 5.98. The average molecular weight is 220 g/mol. The number of nitrogens with one attached hydrogen (secondary N) is 1. The number of fused-ring (bicyclic) bond motifs is 1. The molecular weight excluding hydrogens is 212 g/mol. The third-order valence-corrected chi connectivity index (χ3v) is 2.42. The number of hydrogen-bond donors (Lipinski definition) is 2. The first-order valence-electron chi connectivity index (χ1n) is 4.50. The van der Waals surface area contributed by atoms with Gasteiger partial charge in [-0.3, -0.25) is 10.1 Å². The van der Waals surface area contributed by atoms with Gasteiger partial charge in [-0.15, -0.1) is 0 Å². The monoisotopic (exact) mass is 220 g/mol. The SMILES string of the molecule is Cc1ccc([N+](=O)[O-])c2[nH]c(C(=O)O)cc12. The van der Waals surface area contributed by atoms with E-state index in [4.69, 9.17) is 5.11 Å². The van der Waals surface area contributed by atoms with Gasteiger partial charge in [0.25, 0.3) is 5.69 Å². The van der Waals surface area contributed by atoms with Crippen molar-refractivity contribution in [3.05, 3.63) is 39.6 Å². The summed E-state index contributed by atoms with van der Waals surface area (Å²) in [6, 6.07) is 4.36. The van der Waals surface area contributed by atoms with Crippen LogP contribution in [-0.4, -0.2) is 21.0 Å². The number of carboxylic acid groups (broad SMARTS) is 1. The number of benzene rings is 1. The van der Waals surface area contributed by atoms with E-state index in [2.05, 4.69) is 4.98 Å². The van der Waals surface area contributed by atoms with Gasteiger partial charge in [-0.2, -0.15) is 0 Å². The molecule has 0 atom stereocenters. The molecule has 0 spiro atoms. The van der Waals surface area contributed by atoms with Crippen LogP contribution in [0.5, 0.6) is 0 Å². The highest BCUT2D eigenvalue weighted by Crippen LogP contribution is 2.28. The minimum atomic E-state index is -1.13. The average Bonchev–Trinajstić information content (AvgIpc) is 2.62. The number of nitro groups is 1. The van der Waals surface area contributed by atoms with Crippen LogP contribution in [-0.2, 0) is 0 Å². The highest BCUT2D eigenvalue weighted by Gasteiger charge is 2.17. The Labute approximate surface area is 89.7 Å². The van der Waals surface area contributed by atoms with Crippen molar-refractivity contribution in [2.75, 3.05) is 0 Å². The lowest BCUT2D eigenvalue weighted by Gasteiger charge is -1.96. The second kappa shape index (κ2) is 3.34. The smallest absolute Gasteiger partial charge is 0.352 e. The van der Waals surface area contributed by atoms with E-state index >= 15 is 0 Å². The van der Waals surface area contributed by atoms with Crippen molar-refractivity contribution >= 4 is 22.6 Å². The summed E-state index contributed by atoms with van der Waals surface area (Å²) in [5.74, 6) is -1.13. The topological polar surface area (TPSA) is 96.2 Å². The number of carbonyl (C=O) groups is 1. The summed E-state index contributed by atoms with van der Waals surface area (Å²) in [5, 5.41) is 20.1. The van der Waals surface area contributed by atoms with E-state index in [1.165, 1.54) is 12.1 Å². The molecule has 0 aliphatic rings. The fourth-order valence-corrected chi connectivity index (χ4v) is 1.61. The Morgan fingerprint density at radius 1 is 1.50 bits per heavy atom. The van der Waals surface area contributed by atoms with Crippen molar-refractivity contribution in [2.24, 2.45) is 0 Å². The number of aryl methyl sites for hydroxylation is 1. The molecule has 0 saturated heterocycles. The molecule has 0 aliphatic heterocycles. The van der Waals surface area contributed by atoms with Crippen molar-refractivity contribution < 1.29 is 14.8 Å². The van der Waals surface area contributed by atoms with Gasteiger partial charge < -0.3 is 10.1 Å². The minimum Gasteiger partial charge on any atom is -0.477 e. The Bertz CT molecular complexity index is 600. The van der Waals surface area contributed by atoms with Gasteiger partial charge in [-0.25, -0.2) is 4.79 Å². The Morgan fingerprint density at radius 3 is 2.75 bits per heavy atom. The van der Waals surface area contributed by atoms with Gasteiger partial charge in [-0.05, 0) is 18.6 Å². The zero-order valence-electron chi connectivity index (χ0n) is 8.35. The molecule has 2 aromatic rings. The zero-order valence-corrected chi connectivity index (χ0v) is 8.35. The van der Waals surface area contributed by atoms with E-state index in [-0.39, 0.29) is 16.9 Å². The lowest BCUT2D eigenvalue weighted by molar-refractivity contribution is -0.383. The van der Waals surface area contributed by atoms with Gasteiger partial charge in [0.05, 0.1) is 4.92 Å². The Kier molecular flexibility index (Phi) is 2.12.